The van der Waals surface area contributed by atoms with Crippen molar-refractivity contribution >= 4 is 21.8 Å². The lowest BCUT2D eigenvalue weighted by atomic mass is 9.94. The van der Waals surface area contributed by atoms with E-state index in [0.717, 1.165) is 50.5 Å². The SMILES string of the molecule is c1ccc(-c2cccc(-c3nc(-c4ccc5c(c4)Cc4cccc(-c6ccccc6)c4-5)nc(-n4c5ccccc5c5cc(-c6ccccc6)ccc54)n3)c2)cc1. The summed E-state index contributed by atoms with van der Waals surface area (Å²) < 4.78 is 2.20. The van der Waals surface area contributed by atoms with Crippen molar-refractivity contribution in [3.63, 3.8) is 0 Å². The second-order valence-corrected chi connectivity index (χ2v) is 14.4. The zero-order chi connectivity index (χ0) is 37.0. The molecule has 0 amide bonds. The number of rotatable bonds is 6. The van der Waals surface area contributed by atoms with Crippen LogP contribution in [0.2, 0.25) is 0 Å². The highest BCUT2D eigenvalue weighted by Crippen LogP contribution is 2.44. The zero-order valence-corrected chi connectivity index (χ0v) is 30.5. The van der Waals surface area contributed by atoms with E-state index in [1.54, 1.807) is 0 Å². The molecule has 0 spiro atoms. The third-order valence-electron chi connectivity index (χ3n) is 11.1. The van der Waals surface area contributed by atoms with Gasteiger partial charge in [0.05, 0.1) is 11.0 Å². The number of para-hydroxylation sites is 1. The molecular weight excluding hydrogens is 681 g/mol. The van der Waals surface area contributed by atoms with Gasteiger partial charge in [0.15, 0.2) is 11.6 Å². The molecule has 0 atom stereocenters. The zero-order valence-electron chi connectivity index (χ0n) is 30.5. The van der Waals surface area contributed by atoms with Crippen LogP contribution in [-0.2, 0) is 6.42 Å². The summed E-state index contributed by atoms with van der Waals surface area (Å²) >= 11 is 0. The van der Waals surface area contributed by atoms with Crippen molar-refractivity contribution in [2.75, 3.05) is 0 Å². The summed E-state index contributed by atoms with van der Waals surface area (Å²) in [4.78, 5) is 15.8. The first kappa shape index (κ1) is 32.0. The van der Waals surface area contributed by atoms with Crippen LogP contribution in [0, 0.1) is 0 Å². The van der Waals surface area contributed by atoms with Gasteiger partial charge in [0.2, 0.25) is 5.95 Å². The first-order chi connectivity index (χ1) is 27.7. The molecule has 1 aliphatic rings. The molecule has 56 heavy (non-hydrogen) atoms. The Labute approximate surface area is 325 Å². The van der Waals surface area contributed by atoms with Crippen molar-refractivity contribution in [3.8, 4) is 73.2 Å². The van der Waals surface area contributed by atoms with Crippen LogP contribution in [-0.4, -0.2) is 19.5 Å². The van der Waals surface area contributed by atoms with E-state index in [2.05, 4.69) is 193 Å². The highest BCUT2D eigenvalue weighted by Gasteiger charge is 2.24. The Morgan fingerprint density at radius 3 is 1.66 bits per heavy atom. The average Bonchev–Trinajstić information content (AvgIpc) is 3.82. The fourth-order valence-corrected chi connectivity index (χ4v) is 8.44. The number of aromatic nitrogens is 4. The lowest BCUT2D eigenvalue weighted by Crippen LogP contribution is -2.06. The van der Waals surface area contributed by atoms with E-state index in [1.807, 2.05) is 6.07 Å². The molecule has 10 aromatic rings. The molecule has 262 valence electrons. The molecule has 11 rings (SSSR count). The second kappa shape index (κ2) is 13.2. The van der Waals surface area contributed by atoms with Crippen LogP contribution in [0.3, 0.4) is 0 Å². The Balaban J connectivity index is 1.11. The summed E-state index contributed by atoms with van der Waals surface area (Å²) in [5.74, 6) is 1.86. The maximum absolute atomic E-state index is 5.31. The summed E-state index contributed by atoms with van der Waals surface area (Å²) in [6.07, 6.45) is 0.861. The van der Waals surface area contributed by atoms with Gasteiger partial charge in [0, 0.05) is 21.9 Å². The van der Waals surface area contributed by atoms with E-state index in [9.17, 15) is 0 Å². The molecule has 4 heteroatoms. The van der Waals surface area contributed by atoms with E-state index in [-0.39, 0.29) is 0 Å². The lowest BCUT2D eigenvalue weighted by molar-refractivity contribution is 0.953. The summed E-state index contributed by atoms with van der Waals surface area (Å²) in [7, 11) is 0. The van der Waals surface area contributed by atoms with Gasteiger partial charge in [0.25, 0.3) is 0 Å². The van der Waals surface area contributed by atoms with Crippen molar-refractivity contribution in [3.05, 3.63) is 205 Å². The lowest BCUT2D eigenvalue weighted by Gasteiger charge is -2.13. The van der Waals surface area contributed by atoms with Crippen LogP contribution in [0.25, 0.3) is 95.0 Å². The minimum Gasteiger partial charge on any atom is -0.278 e. The van der Waals surface area contributed by atoms with Gasteiger partial charge in [-0.05, 0) is 92.4 Å². The Hall–Kier alpha value is -7.43. The molecule has 8 aromatic carbocycles. The Morgan fingerprint density at radius 2 is 0.911 bits per heavy atom. The molecule has 4 nitrogen and oxygen atoms in total. The first-order valence-electron chi connectivity index (χ1n) is 19.1. The minimum atomic E-state index is 0.587. The highest BCUT2D eigenvalue weighted by atomic mass is 15.2. The molecule has 1 aliphatic carbocycles. The maximum Gasteiger partial charge on any atom is 0.238 e. The van der Waals surface area contributed by atoms with Gasteiger partial charge in [-0.3, -0.25) is 4.57 Å². The molecule has 0 fully saturated rings. The van der Waals surface area contributed by atoms with Gasteiger partial charge < -0.3 is 0 Å². The van der Waals surface area contributed by atoms with Crippen molar-refractivity contribution in [1.29, 1.82) is 0 Å². The molecule has 0 saturated carbocycles. The Kier molecular flexibility index (Phi) is 7.52. The van der Waals surface area contributed by atoms with E-state index in [0.29, 0.717) is 17.6 Å². The van der Waals surface area contributed by atoms with Gasteiger partial charge in [-0.15, -0.1) is 0 Å². The predicted octanol–water partition coefficient (Wildman–Crippen LogP) is 12.9. The second-order valence-electron chi connectivity index (χ2n) is 14.4. The normalized spacial score (nSPS) is 11.9. The summed E-state index contributed by atoms with van der Waals surface area (Å²) in [5, 5.41) is 2.31. The monoisotopic (exact) mass is 714 g/mol. The van der Waals surface area contributed by atoms with Gasteiger partial charge in [0.1, 0.15) is 0 Å². The van der Waals surface area contributed by atoms with E-state index in [4.69, 9.17) is 15.0 Å². The smallest absolute Gasteiger partial charge is 0.238 e. The van der Waals surface area contributed by atoms with Crippen LogP contribution in [0.5, 0.6) is 0 Å². The molecule has 2 aromatic heterocycles. The highest BCUT2D eigenvalue weighted by molar-refractivity contribution is 6.10. The molecule has 0 saturated heterocycles. The largest absolute Gasteiger partial charge is 0.278 e. The molecule has 0 aliphatic heterocycles. The summed E-state index contributed by atoms with van der Waals surface area (Å²) in [5.41, 5.74) is 16.3. The van der Waals surface area contributed by atoms with Crippen LogP contribution < -0.4 is 0 Å². The van der Waals surface area contributed by atoms with Crippen molar-refractivity contribution in [2.45, 2.75) is 6.42 Å². The van der Waals surface area contributed by atoms with Gasteiger partial charge >= 0.3 is 0 Å². The third kappa shape index (κ3) is 5.42. The van der Waals surface area contributed by atoms with E-state index in [1.165, 1.54) is 44.5 Å². The fourth-order valence-electron chi connectivity index (χ4n) is 8.44. The Morgan fingerprint density at radius 1 is 0.339 bits per heavy atom. The predicted molar refractivity (Wildman–Crippen MR) is 230 cm³/mol. The average molecular weight is 715 g/mol. The number of fused-ring (bicyclic) bond motifs is 6. The standard InChI is InChI=1S/C52H34N4/c1-4-14-34(15-5-1)37-20-12-22-40(30-37)50-53-51(41-26-28-44-42(32-41)31-39-21-13-24-43(49(39)44)36-18-8-3-9-19-36)55-52(54-50)56-47-25-11-10-23-45(47)46-33-38(27-29-48(46)56)35-16-6-2-7-17-35/h1-30,32-33H,31H2. The molecule has 0 radical (unpaired) electrons. The quantitative estimate of drug-likeness (QED) is 0.172. The van der Waals surface area contributed by atoms with Crippen LogP contribution in [0.4, 0.5) is 0 Å². The van der Waals surface area contributed by atoms with Crippen molar-refractivity contribution in [2.24, 2.45) is 0 Å². The van der Waals surface area contributed by atoms with Crippen molar-refractivity contribution < 1.29 is 0 Å². The van der Waals surface area contributed by atoms with Crippen LogP contribution in [0.1, 0.15) is 11.1 Å². The van der Waals surface area contributed by atoms with Crippen molar-refractivity contribution in [1.82, 2.24) is 19.5 Å². The first-order valence-corrected chi connectivity index (χ1v) is 19.1. The van der Waals surface area contributed by atoms with Gasteiger partial charge in [-0.2, -0.15) is 9.97 Å². The summed E-state index contributed by atoms with van der Waals surface area (Å²) in [6, 6.07) is 68.8. The number of hydrogen-bond donors (Lipinski definition) is 0. The number of benzene rings is 8. The number of nitrogens with zero attached hydrogens (tertiary/aromatic N) is 4. The minimum absolute atomic E-state index is 0.587. The fraction of sp³-hybridized carbons (Fsp3) is 0.0192. The van der Waals surface area contributed by atoms with Crippen LogP contribution >= 0.6 is 0 Å². The molecule has 2 heterocycles. The van der Waals surface area contributed by atoms with Gasteiger partial charge in [-0.1, -0.05) is 164 Å². The third-order valence-corrected chi connectivity index (χ3v) is 11.1. The molecule has 0 bridgehead atoms. The summed E-state index contributed by atoms with van der Waals surface area (Å²) in [6.45, 7) is 0. The maximum atomic E-state index is 5.31. The number of hydrogen-bond acceptors (Lipinski definition) is 3. The van der Waals surface area contributed by atoms with Crippen LogP contribution in [0.15, 0.2) is 194 Å². The van der Waals surface area contributed by atoms with Gasteiger partial charge in [-0.25, -0.2) is 4.98 Å². The molecular formula is C52H34N4. The Bertz CT molecular complexity index is 3090. The molecule has 0 N–H and O–H groups in total. The molecule has 0 unspecified atom stereocenters. The topological polar surface area (TPSA) is 43.6 Å². The van der Waals surface area contributed by atoms with E-state index < -0.39 is 0 Å². The van der Waals surface area contributed by atoms with E-state index >= 15 is 0 Å².